The van der Waals surface area contributed by atoms with E-state index >= 15 is 0 Å². The zero-order chi connectivity index (χ0) is 14.6. The van der Waals surface area contributed by atoms with Crippen LogP contribution >= 0.6 is 0 Å². The Balaban J connectivity index is 2.53. The minimum atomic E-state index is 0.656. The number of methoxy groups -OCH3 is 2. The summed E-state index contributed by atoms with van der Waals surface area (Å²) < 4.78 is 10.5. The van der Waals surface area contributed by atoms with E-state index in [1.165, 1.54) is 32.1 Å². The molecule has 0 amide bonds. The van der Waals surface area contributed by atoms with Crippen LogP contribution in [0.4, 0.5) is 0 Å². The fraction of sp³-hybridized carbons (Fsp3) is 1.00. The van der Waals surface area contributed by atoms with Gasteiger partial charge >= 0.3 is 0 Å². The highest BCUT2D eigenvalue weighted by molar-refractivity contribution is 4.88. The fourth-order valence-electron chi connectivity index (χ4n) is 3.18. The van der Waals surface area contributed by atoms with Crippen LogP contribution in [0.5, 0.6) is 0 Å². The minimum absolute atomic E-state index is 0.656. The maximum absolute atomic E-state index is 5.29. The second-order valence-corrected chi connectivity index (χ2v) is 5.79. The quantitative estimate of drug-likeness (QED) is 0.591. The van der Waals surface area contributed by atoms with Crippen molar-refractivity contribution < 1.29 is 9.47 Å². The Morgan fingerprint density at radius 1 is 1.05 bits per heavy atom. The molecule has 0 aromatic rings. The van der Waals surface area contributed by atoms with Gasteiger partial charge in [0.1, 0.15) is 0 Å². The summed E-state index contributed by atoms with van der Waals surface area (Å²) in [6.07, 6.45) is 7.69. The topological polar surface area (TPSA) is 33.7 Å². The Hall–Kier alpha value is -0.160. The third-order valence-corrected chi connectivity index (χ3v) is 4.23. The molecule has 0 aliphatic heterocycles. The Bertz CT molecular complexity index is 227. The highest BCUT2D eigenvalue weighted by Crippen LogP contribution is 2.23. The van der Waals surface area contributed by atoms with Gasteiger partial charge in [0.25, 0.3) is 0 Å². The van der Waals surface area contributed by atoms with Gasteiger partial charge in [0.15, 0.2) is 0 Å². The molecule has 2 unspecified atom stereocenters. The molecule has 20 heavy (non-hydrogen) atoms. The van der Waals surface area contributed by atoms with Crippen molar-refractivity contribution in [3.63, 3.8) is 0 Å². The second-order valence-electron chi connectivity index (χ2n) is 5.79. The zero-order valence-corrected chi connectivity index (χ0v) is 13.7. The molecule has 2 atom stereocenters. The first-order valence-electron chi connectivity index (χ1n) is 8.28. The summed E-state index contributed by atoms with van der Waals surface area (Å²) in [5, 5.41) is 3.75. The van der Waals surface area contributed by atoms with Crippen molar-refractivity contribution in [1.82, 2.24) is 10.2 Å². The molecule has 0 heterocycles. The van der Waals surface area contributed by atoms with Gasteiger partial charge in [0.05, 0.1) is 6.61 Å². The molecule has 0 bridgehead atoms. The molecule has 1 fully saturated rings. The van der Waals surface area contributed by atoms with Crippen molar-refractivity contribution in [2.24, 2.45) is 0 Å². The third kappa shape index (κ3) is 6.53. The molecule has 1 aliphatic carbocycles. The third-order valence-electron chi connectivity index (χ3n) is 4.23. The highest BCUT2D eigenvalue weighted by atomic mass is 16.5. The van der Waals surface area contributed by atoms with Crippen LogP contribution in [0.25, 0.3) is 0 Å². The Morgan fingerprint density at radius 3 is 2.50 bits per heavy atom. The monoisotopic (exact) mass is 286 g/mol. The van der Waals surface area contributed by atoms with Crippen LogP contribution in [0.3, 0.4) is 0 Å². The van der Waals surface area contributed by atoms with Crippen LogP contribution in [-0.2, 0) is 9.47 Å². The molecule has 0 spiro atoms. The normalized spacial score (nSPS) is 23.4. The number of nitrogens with zero attached hydrogens (tertiary/aromatic N) is 1. The van der Waals surface area contributed by atoms with Gasteiger partial charge < -0.3 is 14.8 Å². The summed E-state index contributed by atoms with van der Waals surface area (Å²) in [6.45, 7) is 7.21. The lowest BCUT2D eigenvalue weighted by Crippen LogP contribution is -2.53. The molecular formula is C16H34N2O2. The minimum Gasteiger partial charge on any atom is -0.385 e. The van der Waals surface area contributed by atoms with Crippen LogP contribution in [0.1, 0.15) is 45.4 Å². The van der Waals surface area contributed by atoms with E-state index in [9.17, 15) is 0 Å². The number of rotatable bonds is 11. The van der Waals surface area contributed by atoms with Crippen molar-refractivity contribution in [3.05, 3.63) is 0 Å². The van der Waals surface area contributed by atoms with E-state index in [1.54, 1.807) is 14.2 Å². The summed E-state index contributed by atoms with van der Waals surface area (Å²) in [5.74, 6) is 0. The average molecular weight is 286 g/mol. The molecule has 1 N–H and O–H groups in total. The van der Waals surface area contributed by atoms with E-state index in [0.717, 1.165) is 39.3 Å². The van der Waals surface area contributed by atoms with E-state index in [-0.39, 0.29) is 0 Å². The van der Waals surface area contributed by atoms with Crippen molar-refractivity contribution in [1.29, 1.82) is 0 Å². The van der Waals surface area contributed by atoms with E-state index < -0.39 is 0 Å². The van der Waals surface area contributed by atoms with Crippen molar-refractivity contribution in [2.45, 2.75) is 57.5 Å². The first-order valence-corrected chi connectivity index (χ1v) is 8.28. The lowest BCUT2D eigenvalue weighted by atomic mass is 9.89. The SMILES string of the molecule is CCCNC1CCCCC1N(CCCOC)CCOC. The van der Waals surface area contributed by atoms with Crippen LogP contribution in [0, 0.1) is 0 Å². The molecule has 0 radical (unpaired) electrons. The predicted molar refractivity (Wildman–Crippen MR) is 84.3 cm³/mol. The number of hydrogen-bond acceptors (Lipinski definition) is 4. The molecule has 0 saturated heterocycles. The number of hydrogen-bond donors (Lipinski definition) is 1. The van der Waals surface area contributed by atoms with Gasteiger partial charge in [0.2, 0.25) is 0 Å². The lowest BCUT2D eigenvalue weighted by molar-refractivity contribution is 0.0742. The Morgan fingerprint density at radius 2 is 1.80 bits per heavy atom. The maximum Gasteiger partial charge on any atom is 0.0589 e. The predicted octanol–water partition coefficient (Wildman–Crippen LogP) is 2.28. The van der Waals surface area contributed by atoms with Gasteiger partial charge in [-0.1, -0.05) is 19.8 Å². The summed E-state index contributed by atoms with van der Waals surface area (Å²) >= 11 is 0. The summed E-state index contributed by atoms with van der Waals surface area (Å²) in [7, 11) is 3.58. The molecular weight excluding hydrogens is 252 g/mol. The standard InChI is InChI=1S/C16H34N2O2/c1-4-10-17-15-8-5-6-9-16(15)18(12-14-20-3)11-7-13-19-2/h15-17H,4-14H2,1-3H3. The molecule has 1 aliphatic rings. The molecule has 4 heteroatoms. The molecule has 1 rings (SSSR count). The first kappa shape index (κ1) is 17.9. The fourth-order valence-corrected chi connectivity index (χ4v) is 3.18. The lowest BCUT2D eigenvalue weighted by Gasteiger charge is -2.40. The molecule has 1 saturated carbocycles. The molecule has 4 nitrogen and oxygen atoms in total. The maximum atomic E-state index is 5.29. The van der Waals surface area contributed by atoms with Gasteiger partial charge in [-0.15, -0.1) is 0 Å². The van der Waals surface area contributed by atoms with Crippen molar-refractivity contribution in [2.75, 3.05) is 47.1 Å². The smallest absolute Gasteiger partial charge is 0.0589 e. The summed E-state index contributed by atoms with van der Waals surface area (Å²) in [6, 6.07) is 1.32. The van der Waals surface area contributed by atoms with E-state index in [1.807, 2.05) is 0 Å². The van der Waals surface area contributed by atoms with E-state index in [2.05, 4.69) is 17.1 Å². The highest BCUT2D eigenvalue weighted by Gasteiger charge is 2.29. The van der Waals surface area contributed by atoms with E-state index in [0.29, 0.717) is 12.1 Å². The largest absolute Gasteiger partial charge is 0.385 e. The number of ether oxygens (including phenoxy) is 2. The van der Waals surface area contributed by atoms with Crippen LogP contribution in [-0.4, -0.2) is 64.1 Å². The van der Waals surface area contributed by atoms with Crippen LogP contribution in [0.15, 0.2) is 0 Å². The van der Waals surface area contributed by atoms with Crippen molar-refractivity contribution >= 4 is 0 Å². The van der Waals surface area contributed by atoms with Crippen molar-refractivity contribution in [3.8, 4) is 0 Å². The van der Waals surface area contributed by atoms with Gasteiger partial charge in [-0.2, -0.15) is 0 Å². The van der Waals surface area contributed by atoms with Gasteiger partial charge in [0, 0.05) is 46.0 Å². The number of nitrogens with one attached hydrogen (secondary N) is 1. The molecule has 120 valence electrons. The summed E-state index contributed by atoms with van der Waals surface area (Å²) in [5.41, 5.74) is 0. The van der Waals surface area contributed by atoms with Gasteiger partial charge in [-0.25, -0.2) is 0 Å². The van der Waals surface area contributed by atoms with Gasteiger partial charge in [-0.05, 0) is 32.2 Å². The van der Waals surface area contributed by atoms with Crippen LogP contribution < -0.4 is 5.32 Å². The molecule has 0 aromatic carbocycles. The van der Waals surface area contributed by atoms with E-state index in [4.69, 9.17) is 9.47 Å². The van der Waals surface area contributed by atoms with Gasteiger partial charge in [-0.3, -0.25) is 4.90 Å². The summed E-state index contributed by atoms with van der Waals surface area (Å²) in [4.78, 5) is 2.62. The first-order chi connectivity index (χ1) is 9.83. The zero-order valence-electron chi connectivity index (χ0n) is 13.7. The molecule has 0 aromatic heterocycles. The van der Waals surface area contributed by atoms with Crippen LogP contribution in [0.2, 0.25) is 0 Å². The Labute approximate surface area is 125 Å². The average Bonchev–Trinajstić information content (AvgIpc) is 2.49. The Kier molecular flexibility index (Phi) is 10.3. The second kappa shape index (κ2) is 11.5.